The molecule has 0 aromatic heterocycles. The van der Waals surface area contributed by atoms with Crippen LogP contribution in [-0.2, 0) is 27.5 Å². The Balaban J connectivity index is 1.72. The van der Waals surface area contributed by atoms with Gasteiger partial charge in [0.1, 0.15) is 10.6 Å². The van der Waals surface area contributed by atoms with Gasteiger partial charge >= 0.3 is 12.3 Å². The molecule has 1 unspecified atom stereocenters. The molecule has 0 heterocycles. The van der Waals surface area contributed by atoms with Crippen LogP contribution in [0.2, 0.25) is 0 Å². The van der Waals surface area contributed by atoms with Crippen molar-refractivity contribution < 1.29 is 50.9 Å². The molecule has 13 heteroatoms. The molecule has 0 saturated heterocycles. The number of alkyl halides is 3. The molecule has 1 aliphatic rings. The molecule has 1 atom stereocenters. The van der Waals surface area contributed by atoms with Gasteiger partial charge in [-0.3, -0.25) is 14.4 Å². The zero-order valence-corrected chi connectivity index (χ0v) is 24.9. The van der Waals surface area contributed by atoms with Crippen LogP contribution < -0.4 is 10.1 Å². The summed E-state index contributed by atoms with van der Waals surface area (Å²) < 4.78 is 67.1. The van der Waals surface area contributed by atoms with E-state index in [0.29, 0.717) is 11.8 Å². The molecule has 0 spiro atoms. The molecular weight excluding hydrogens is 615 g/mol. The summed E-state index contributed by atoms with van der Waals surface area (Å²) in [4.78, 5) is 36.1. The highest BCUT2D eigenvalue weighted by molar-refractivity contribution is 7.90. The number of carboxylic acids is 1. The normalized spacial score (nSPS) is 14.3. The Labute approximate surface area is 257 Å². The van der Waals surface area contributed by atoms with Crippen LogP contribution in [0, 0.1) is 0 Å². The number of carbonyl (C=O) groups excluding carboxylic acids is 2. The van der Waals surface area contributed by atoms with E-state index in [1.165, 1.54) is 30.3 Å². The van der Waals surface area contributed by atoms with Crippen LogP contribution in [0.15, 0.2) is 71.6 Å². The lowest BCUT2D eigenvalue weighted by Gasteiger charge is -2.19. The van der Waals surface area contributed by atoms with Gasteiger partial charge in [-0.05, 0) is 78.3 Å². The minimum Gasteiger partial charge on any atom is -0.481 e. The molecule has 0 radical (unpaired) electrons. The highest BCUT2D eigenvalue weighted by atomic mass is 32.2. The Kier molecular flexibility index (Phi) is 10.1. The van der Waals surface area contributed by atoms with E-state index in [9.17, 15) is 41.1 Å². The van der Waals surface area contributed by atoms with Crippen molar-refractivity contribution in [1.29, 1.82) is 0 Å². The molecule has 3 aromatic rings. The summed E-state index contributed by atoms with van der Waals surface area (Å²) in [6, 6.07) is 13.8. The van der Waals surface area contributed by atoms with Gasteiger partial charge in [0.15, 0.2) is 15.6 Å². The summed E-state index contributed by atoms with van der Waals surface area (Å²) >= 11 is 0. The van der Waals surface area contributed by atoms with Crippen molar-refractivity contribution in [2.75, 3.05) is 12.8 Å². The second kappa shape index (κ2) is 13.7. The number of aliphatic hydroxyl groups excluding tert-OH is 1. The standard InChI is InChI=1S/C32H30F3NO8S/c1-45(42,43)28-17-24(12-13-27(28)44-32(33,34)35)26(37)18-25(23-11-6-19-4-2-3-5-22(19)16-23)30(40)20-7-9-21(10-8-20)31(41)36-15-14-29(38)39/h6-13,16-18,26,37H,2-5,14-15H2,1H3,(H,36,41)(H,38,39)/b25-18-. The number of hydrogen-bond donors (Lipinski definition) is 3. The van der Waals surface area contributed by atoms with E-state index in [-0.39, 0.29) is 35.2 Å². The maximum absolute atomic E-state index is 13.9. The number of sulfone groups is 1. The van der Waals surface area contributed by atoms with Gasteiger partial charge in [0.05, 0.1) is 12.5 Å². The number of benzene rings is 3. The van der Waals surface area contributed by atoms with Gasteiger partial charge in [-0.1, -0.05) is 36.4 Å². The average Bonchev–Trinajstić information content (AvgIpc) is 2.98. The fourth-order valence-electron chi connectivity index (χ4n) is 4.98. The average molecular weight is 646 g/mol. The van der Waals surface area contributed by atoms with Crippen molar-refractivity contribution in [3.05, 3.63) is 100 Å². The second-order valence-corrected chi connectivity index (χ2v) is 12.5. The molecule has 3 aromatic carbocycles. The number of Topliss-reactive ketones (excluding diaryl/α,β-unsaturated/α-hetero) is 1. The first-order valence-corrected chi connectivity index (χ1v) is 15.8. The lowest BCUT2D eigenvalue weighted by molar-refractivity contribution is -0.275. The number of halogens is 3. The van der Waals surface area contributed by atoms with Gasteiger partial charge in [-0.2, -0.15) is 0 Å². The predicted octanol–water partition coefficient (Wildman–Crippen LogP) is 5.07. The lowest BCUT2D eigenvalue weighted by atomic mass is 9.87. The Hall–Kier alpha value is -4.49. The summed E-state index contributed by atoms with van der Waals surface area (Å²) in [7, 11) is -4.22. The number of carboxylic acid groups (broad SMARTS) is 1. The Morgan fingerprint density at radius 1 is 0.933 bits per heavy atom. The number of nitrogens with one attached hydrogen (secondary N) is 1. The molecule has 0 saturated carbocycles. The van der Waals surface area contributed by atoms with Gasteiger partial charge in [-0.15, -0.1) is 13.2 Å². The second-order valence-electron chi connectivity index (χ2n) is 10.5. The highest BCUT2D eigenvalue weighted by Crippen LogP contribution is 2.34. The Bertz CT molecular complexity index is 1750. The number of hydrogen-bond acceptors (Lipinski definition) is 7. The quantitative estimate of drug-likeness (QED) is 0.194. The van der Waals surface area contributed by atoms with Gasteiger partial charge in [0.2, 0.25) is 0 Å². The van der Waals surface area contributed by atoms with Crippen molar-refractivity contribution in [3.8, 4) is 5.75 Å². The number of allylic oxidation sites excluding steroid dienone is 1. The van der Waals surface area contributed by atoms with E-state index in [0.717, 1.165) is 55.0 Å². The van der Waals surface area contributed by atoms with Crippen LogP contribution in [0.4, 0.5) is 13.2 Å². The zero-order valence-electron chi connectivity index (χ0n) is 24.1. The number of aliphatic hydroxyl groups is 1. The topological polar surface area (TPSA) is 147 Å². The summed E-state index contributed by atoms with van der Waals surface area (Å²) in [5, 5.41) is 22.4. The molecule has 238 valence electrons. The van der Waals surface area contributed by atoms with Gasteiger partial charge in [-0.25, -0.2) is 8.42 Å². The lowest BCUT2D eigenvalue weighted by Crippen LogP contribution is -2.26. The van der Waals surface area contributed by atoms with Crippen molar-refractivity contribution in [3.63, 3.8) is 0 Å². The van der Waals surface area contributed by atoms with Crippen LogP contribution in [0.5, 0.6) is 5.75 Å². The van der Waals surface area contributed by atoms with Crippen LogP contribution in [-0.4, -0.2) is 55.5 Å². The number of aliphatic carboxylic acids is 1. The van der Waals surface area contributed by atoms with E-state index < -0.39 is 50.6 Å². The van der Waals surface area contributed by atoms with Crippen LogP contribution >= 0.6 is 0 Å². The molecule has 9 nitrogen and oxygen atoms in total. The largest absolute Gasteiger partial charge is 0.573 e. The SMILES string of the molecule is CS(=O)(=O)c1cc(C(O)/C=C(\C(=O)c2ccc(C(=O)NCCC(=O)O)cc2)c2ccc3c(c2)CCCC3)ccc1OC(F)(F)F. The third-order valence-electron chi connectivity index (χ3n) is 7.20. The smallest absolute Gasteiger partial charge is 0.481 e. The van der Waals surface area contributed by atoms with E-state index in [1.54, 1.807) is 6.07 Å². The number of rotatable bonds is 11. The predicted molar refractivity (Wildman–Crippen MR) is 158 cm³/mol. The molecule has 1 amide bonds. The van der Waals surface area contributed by atoms with Crippen LogP contribution in [0.1, 0.15) is 68.3 Å². The highest BCUT2D eigenvalue weighted by Gasteiger charge is 2.34. The Morgan fingerprint density at radius 3 is 2.18 bits per heavy atom. The first-order valence-electron chi connectivity index (χ1n) is 13.9. The Morgan fingerprint density at radius 2 is 1.56 bits per heavy atom. The van der Waals surface area contributed by atoms with Crippen molar-refractivity contribution >= 4 is 33.1 Å². The van der Waals surface area contributed by atoms with Gasteiger partial charge < -0.3 is 20.3 Å². The molecule has 3 N–H and O–H groups in total. The zero-order chi connectivity index (χ0) is 32.9. The molecule has 0 bridgehead atoms. The number of aryl methyl sites for hydroxylation is 2. The van der Waals surface area contributed by atoms with Crippen molar-refractivity contribution in [2.24, 2.45) is 0 Å². The maximum Gasteiger partial charge on any atom is 0.573 e. The summed E-state index contributed by atoms with van der Waals surface area (Å²) in [5.74, 6) is -3.10. The third-order valence-corrected chi connectivity index (χ3v) is 8.31. The number of carbonyl (C=O) groups is 3. The first kappa shape index (κ1) is 33.4. The summed E-state index contributed by atoms with van der Waals surface area (Å²) in [6.45, 7) is -0.0810. The minimum absolute atomic E-state index is 0.0473. The molecule has 0 fully saturated rings. The number of fused-ring (bicyclic) bond motifs is 1. The fraction of sp³-hybridized carbons (Fsp3) is 0.281. The van der Waals surface area contributed by atoms with E-state index in [4.69, 9.17) is 5.11 Å². The van der Waals surface area contributed by atoms with Gasteiger partial charge in [0.25, 0.3) is 5.91 Å². The monoisotopic (exact) mass is 645 g/mol. The maximum atomic E-state index is 13.9. The summed E-state index contributed by atoms with van der Waals surface area (Å²) in [6.07, 6.45) is -1.47. The molecule has 45 heavy (non-hydrogen) atoms. The van der Waals surface area contributed by atoms with Gasteiger partial charge in [0, 0.05) is 29.5 Å². The number of ether oxygens (including phenoxy) is 1. The van der Waals surface area contributed by atoms with E-state index >= 15 is 0 Å². The number of ketones is 1. The van der Waals surface area contributed by atoms with E-state index in [2.05, 4.69) is 10.1 Å². The van der Waals surface area contributed by atoms with Crippen molar-refractivity contribution in [1.82, 2.24) is 5.32 Å². The minimum atomic E-state index is -5.15. The van der Waals surface area contributed by atoms with Crippen molar-refractivity contribution in [2.45, 2.75) is 49.5 Å². The number of amides is 1. The first-order chi connectivity index (χ1) is 21.1. The summed E-state index contributed by atoms with van der Waals surface area (Å²) in [5.41, 5.74) is 2.93. The third kappa shape index (κ3) is 8.79. The molecule has 4 rings (SSSR count). The fourth-order valence-corrected chi connectivity index (χ4v) is 5.80. The van der Waals surface area contributed by atoms with E-state index in [1.807, 2.05) is 12.1 Å². The van der Waals surface area contributed by atoms with Crippen LogP contribution in [0.25, 0.3) is 5.57 Å². The molecule has 0 aliphatic heterocycles. The molecule has 1 aliphatic carbocycles. The molecular formula is C32H30F3NO8S. The van der Waals surface area contributed by atoms with Crippen LogP contribution in [0.3, 0.4) is 0 Å².